The monoisotopic (exact) mass is 288 g/mol. The van der Waals surface area contributed by atoms with Gasteiger partial charge in [-0.1, -0.05) is 35.5 Å². The van der Waals surface area contributed by atoms with Gasteiger partial charge in [0.1, 0.15) is 0 Å². The van der Waals surface area contributed by atoms with Crippen LogP contribution in [0.15, 0.2) is 34.9 Å². The zero-order valence-electron chi connectivity index (χ0n) is 12.3. The van der Waals surface area contributed by atoms with Crippen LogP contribution in [-0.4, -0.2) is 33.5 Å². The lowest BCUT2D eigenvalue weighted by Crippen LogP contribution is -2.38. The first-order chi connectivity index (χ1) is 10.0. The van der Waals surface area contributed by atoms with Crippen molar-refractivity contribution in [3.8, 4) is 0 Å². The summed E-state index contributed by atoms with van der Waals surface area (Å²) in [6, 6.07) is 10.1. The Balaban J connectivity index is 2.00. The quantitative estimate of drug-likeness (QED) is 0.831. The third-order valence-corrected chi connectivity index (χ3v) is 3.14. The van der Waals surface area contributed by atoms with Crippen LogP contribution in [0.2, 0.25) is 0 Å². The van der Waals surface area contributed by atoms with E-state index in [0.29, 0.717) is 24.7 Å². The minimum atomic E-state index is -0.368. The van der Waals surface area contributed by atoms with Crippen LogP contribution in [0, 0.1) is 0 Å². The molecular weight excluding hydrogens is 268 g/mol. The molecule has 0 spiro atoms. The minimum absolute atomic E-state index is 0.168. The molecular formula is C15H20N4O2. The fourth-order valence-corrected chi connectivity index (χ4v) is 2.00. The predicted octanol–water partition coefficient (Wildman–Crippen LogP) is 1.36. The van der Waals surface area contributed by atoms with E-state index in [0.717, 1.165) is 5.56 Å². The summed E-state index contributed by atoms with van der Waals surface area (Å²) in [6.45, 7) is 4.57. The highest BCUT2D eigenvalue weighted by atomic mass is 16.5. The van der Waals surface area contributed by atoms with Gasteiger partial charge in [0.25, 0.3) is 0 Å². The van der Waals surface area contributed by atoms with Crippen molar-refractivity contribution in [2.75, 3.05) is 6.54 Å². The number of carbonyl (C=O) groups is 1. The third kappa shape index (κ3) is 4.68. The molecule has 0 radical (unpaired) electrons. The van der Waals surface area contributed by atoms with Crippen molar-refractivity contribution >= 4 is 5.91 Å². The molecule has 0 bridgehead atoms. The van der Waals surface area contributed by atoms with Gasteiger partial charge in [0.2, 0.25) is 11.8 Å². The normalized spacial score (nSPS) is 11.2. The second-order valence-corrected chi connectivity index (χ2v) is 5.23. The van der Waals surface area contributed by atoms with Crippen LogP contribution in [0.1, 0.15) is 31.1 Å². The molecule has 1 aromatic heterocycles. The van der Waals surface area contributed by atoms with E-state index in [2.05, 4.69) is 10.1 Å². The van der Waals surface area contributed by atoms with Gasteiger partial charge < -0.3 is 10.3 Å². The Kier molecular flexibility index (Phi) is 5.05. The summed E-state index contributed by atoms with van der Waals surface area (Å²) in [7, 11) is 0. The molecule has 0 fully saturated rings. The molecule has 0 aliphatic heterocycles. The van der Waals surface area contributed by atoms with Crippen LogP contribution in [-0.2, 0) is 17.8 Å². The van der Waals surface area contributed by atoms with Crippen molar-refractivity contribution in [3.63, 3.8) is 0 Å². The molecule has 0 aliphatic rings. The number of nitrogens with zero attached hydrogens (tertiary/aromatic N) is 3. The van der Waals surface area contributed by atoms with E-state index >= 15 is 0 Å². The Morgan fingerprint density at radius 3 is 2.67 bits per heavy atom. The molecule has 0 saturated heterocycles. The lowest BCUT2D eigenvalue weighted by atomic mass is 10.1. The number of primary amides is 1. The van der Waals surface area contributed by atoms with Crippen molar-refractivity contribution in [1.29, 1.82) is 0 Å². The Labute approximate surface area is 123 Å². The second kappa shape index (κ2) is 6.99. The van der Waals surface area contributed by atoms with Crippen LogP contribution in [0.25, 0.3) is 0 Å². The number of amides is 1. The zero-order chi connectivity index (χ0) is 15.2. The van der Waals surface area contributed by atoms with Crippen LogP contribution in [0.5, 0.6) is 0 Å². The van der Waals surface area contributed by atoms with E-state index in [4.69, 9.17) is 10.3 Å². The molecule has 0 saturated carbocycles. The summed E-state index contributed by atoms with van der Waals surface area (Å²) in [6.07, 6.45) is 0.627. The standard InChI is InChI=1S/C15H20N4O2/c1-11(2)19(9-13(16)20)10-15-17-14(18-21-15)8-12-6-4-3-5-7-12/h3-7,11H,8-10H2,1-2H3,(H2,16,20). The fourth-order valence-electron chi connectivity index (χ4n) is 2.00. The van der Waals surface area contributed by atoms with Crippen LogP contribution in [0.4, 0.5) is 0 Å². The number of rotatable bonds is 7. The number of hydrogen-bond donors (Lipinski definition) is 1. The van der Waals surface area contributed by atoms with Crippen molar-refractivity contribution in [3.05, 3.63) is 47.6 Å². The van der Waals surface area contributed by atoms with Crippen molar-refractivity contribution in [2.45, 2.75) is 32.9 Å². The first kappa shape index (κ1) is 15.2. The maximum Gasteiger partial charge on any atom is 0.240 e. The minimum Gasteiger partial charge on any atom is -0.369 e. The van der Waals surface area contributed by atoms with Gasteiger partial charge in [0.15, 0.2) is 5.82 Å². The summed E-state index contributed by atoms with van der Waals surface area (Å²) in [5, 5.41) is 3.97. The van der Waals surface area contributed by atoms with E-state index in [1.54, 1.807) is 0 Å². The second-order valence-electron chi connectivity index (χ2n) is 5.23. The van der Waals surface area contributed by atoms with Gasteiger partial charge >= 0.3 is 0 Å². The van der Waals surface area contributed by atoms with Crippen LogP contribution in [0.3, 0.4) is 0 Å². The number of aromatic nitrogens is 2. The number of hydrogen-bond acceptors (Lipinski definition) is 5. The van der Waals surface area contributed by atoms with Crippen molar-refractivity contribution in [2.24, 2.45) is 5.73 Å². The molecule has 6 heteroatoms. The molecule has 2 aromatic rings. The highest BCUT2D eigenvalue weighted by Crippen LogP contribution is 2.09. The Morgan fingerprint density at radius 2 is 2.05 bits per heavy atom. The maximum atomic E-state index is 11.1. The van der Waals surface area contributed by atoms with Gasteiger partial charge in [-0.15, -0.1) is 0 Å². The molecule has 1 amide bonds. The molecule has 1 aromatic carbocycles. The Hall–Kier alpha value is -2.21. The lowest BCUT2D eigenvalue weighted by Gasteiger charge is -2.22. The molecule has 2 N–H and O–H groups in total. The molecule has 1 heterocycles. The smallest absolute Gasteiger partial charge is 0.240 e. The first-order valence-corrected chi connectivity index (χ1v) is 6.92. The number of benzene rings is 1. The van der Waals surface area contributed by atoms with Gasteiger partial charge in [-0.2, -0.15) is 4.98 Å². The molecule has 0 unspecified atom stereocenters. The van der Waals surface area contributed by atoms with Crippen molar-refractivity contribution in [1.82, 2.24) is 15.0 Å². The molecule has 112 valence electrons. The van der Waals surface area contributed by atoms with Crippen LogP contribution < -0.4 is 5.73 Å². The maximum absolute atomic E-state index is 11.1. The van der Waals surface area contributed by atoms with Gasteiger partial charge in [-0.05, 0) is 19.4 Å². The van der Waals surface area contributed by atoms with Crippen LogP contribution >= 0.6 is 0 Å². The van der Waals surface area contributed by atoms with E-state index in [-0.39, 0.29) is 18.5 Å². The highest BCUT2D eigenvalue weighted by Gasteiger charge is 2.16. The molecule has 0 aliphatic carbocycles. The SMILES string of the molecule is CC(C)N(CC(N)=O)Cc1nc(Cc2ccccc2)no1. The molecule has 2 rings (SSSR count). The van der Waals surface area contributed by atoms with E-state index < -0.39 is 0 Å². The first-order valence-electron chi connectivity index (χ1n) is 6.92. The van der Waals surface area contributed by atoms with E-state index in [9.17, 15) is 4.79 Å². The number of nitrogens with two attached hydrogens (primary N) is 1. The van der Waals surface area contributed by atoms with Gasteiger partial charge in [0.05, 0.1) is 13.1 Å². The highest BCUT2D eigenvalue weighted by molar-refractivity contribution is 5.75. The summed E-state index contributed by atoms with van der Waals surface area (Å²) in [5.74, 6) is 0.766. The summed E-state index contributed by atoms with van der Waals surface area (Å²) in [5.41, 5.74) is 6.37. The summed E-state index contributed by atoms with van der Waals surface area (Å²) in [4.78, 5) is 17.3. The lowest BCUT2D eigenvalue weighted by molar-refractivity contribution is -0.119. The van der Waals surface area contributed by atoms with E-state index in [1.165, 1.54) is 0 Å². The van der Waals surface area contributed by atoms with Gasteiger partial charge in [-0.25, -0.2) is 0 Å². The van der Waals surface area contributed by atoms with Crippen molar-refractivity contribution < 1.29 is 9.32 Å². The fraction of sp³-hybridized carbons (Fsp3) is 0.400. The number of carbonyl (C=O) groups excluding carboxylic acids is 1. The third-order valence-electron chi connectivity index (χ3n) is 3.14. The summed E-state index contributed by atoms with van der Waals surface area (Å²) < 4.78 is 5.24. The molecule has 0 atom stereocenters. The van der Waals surface area contributed by atoms with Gasteiger partial charge in [-0.3, -0.25) is 9.69 Å². The molecule has 21 heavy (non-hydrogen) atoms. The predicted molar refractivity (Wildman–Crippen MR) is 78.3 cm³/mol. The zero-order valence-corrected chi connectivity index (χ0v) is 12.3. The molecule has 6 nitrogen and oxygen atoms in total. The average Bonchev–Trinajstić information content (AvgIpc) is 2.86. The van der Waals surface area contributed by atoms with E-state index in [1.807, 2.05) is 49.1 Å². The topological polar surface area (TPSA) is 85.2 Å². The van der Waals surface area contributed by atoms with Gasteiger partial charge in [0, 0.05) is 12.5 Å². The Morgan fingerprint density at radius 1 is 1.33 bits per heavy atom. The summed E-state index contributed by atoms with van der Waals surface area (Å²) >= 11 is 0. The Bertz CT molecular complexity index is 580. The largest absolute Gasteiger partial charge is 0.369 e. The average molecular weight is 288 g/mol.